The zero-order valence-electron chi connectivity index (χ0n) is 6.04. The van der Waals surface area contributed by atoms with Crippen molar-refractivity contribution in [2.24, 2.45) is 5.92 Å². The predicted molar refractivity (Wildman–Crippen MR) is 34.6 cm³/mol. The molecular weight excluding hydrogens is 122 g/mol. The van der Waals surface area contributed by atoms with Crippen LogP contribution in [0.25, 0.3) is 0 Å². The molecule has 0 aromatic carbocycles. The van der Waals surface area contributed by atoms with E-state index in [1.165, 1.54) is 6.92 Å². The Morgan fingerprint density at radius 1 is 1.56 bits per heavy atom. The highest BCUT2D eigenvalue weighted by Gasteiger charge is 2.31. The lowest BCUT2D eigenvalue weighted by molar-refractivity contribution is 0.137. The summed E-state index contributed by atoms with van der Waals surface area (Å²) >= 11 is 0. The minimum atomic E-state index is -1.86. The van der Waals surface area contributed by atoms with Crippen LogP contribution >= 0.6 is 0 Å². The molecule has 0 aromatic heterocycles. The van der Waals surface area contributed by atoms with Crippen molar-refractivity contribution in [3.8, 4) is 0 Å². The molecule has 0 fully saturated rings. The molecule has 2 heteroatoms. The van der Waals surface area contributed by atoms with Gasteiger partial charge in [-0.3, -0.25) is 0 Å². The largest absolute Gasteiger partial charge is 0.236 e. The lowest BCUT2D eigenvalue weighted by atomic mass is 9.94. The summed E-state index contributed by atoms with van der Waals surface area (Å²) in [6, 6.07) is 0. The summed E-state index contributed by atoms with van der Waals surface area (Å²) in [6.07, 6.45) is 0. The van der Waals surface area contributed by atoms with Crippen molar-refractivity contribution in [3.05, 3.63) is 12.4 Å². The van der Waals surface area contributed by atoms with Gasteiger partial charge in [0.15, 0.2) is 5.67 Å². The molecule has 0 aliphatic carbocycles. The second-order valence-electron chi connectivity index (χ2n) is 2.64. The Hall–Kier alpha value is -0.400. The molecule has 0 saturated heterocycles. The average molecular weight is 134 g/mol. The smallest absolute Gasteiger partial charge is 0.160 e. The van der Waals surface area contributed by atoms with E-state index in [2.05, 4.69) is 6.58 Å². The van der Waals surface area contributed by atoms with Gasteiger partial charge in [-0.25, -0.2) is 8.78 Å². The van der Waals surface area contributed by atoms with Crippen LogP contribution < -0.4 is 0 Å². The molecule has 0 bridgehead atoms. The van der Waals surface area contributed by atoms with Crippen LogP contribution in [-0.2, 0) is 0 Å². The van der Waals surface area contributed by atoms with Gasteiger partial charge in [-0.05, 0) is 12.8 Å². The monoisotopic (exact) mass is 134 g/mol. The number of hydrogen-bond donors (Lipinski definition) is 0. The maximum atomic E-state index is 12.9. The average Bonchev–Trinajstić information content (AvgIpc) is 1.65. The van der Waals surface area contributed by atoms with Crippen LogP contribution in [0.1, 0.15) is 20.8 Å². The highest BCUT2D eigenvalue weighted by molar-refractivity contribution is 5.03. The molecule has 0 radical (unpaired) electrons. The third-order valence-electron chi connectivity index (χ3n) is 1.61. The van der Waals surface area contributed by atoms with Crippen molar-refractivity contribution >= 4 is 0 Å². The predicted octanol–water partition coefficient (Wildman–Crippen LogP) is 2.85. The third-order valence-corrected chi connectivity index (χ3v) is 1.61. The number of allylic oxidation sites excluding steroid dienone is 1. The van der Waals surface area contributed by atoms with E-state index in [0.717, 1.165) is 0 Å². The number of halogens is 2. The third kappa shape index (κ3) is 1.77. The molecule has 0 N–H and O–H groups in total. The standard InChI is InChI=1S/C7H12F2/c1-5(2)7(4,9)6(3)8/h5H,3H2,1-2,4H3. The van der Waals surface area contributed by atoms with E-state index in [-0.39, 0.29) is 5.92 Å². The van der Waals surface area contributed by atoms with Crippen molar-refractivity contribution in [1.29, 1.82) is 0 Å². The number of rotatable bonds is 2. The zero-order valence-corrected chi connectivity index (χ0v) is 6.04. The summed E-state index contributed by atoms with van der Waals surface area (Å²) in [7, 11) is 0. The van der Waals surface area contributed by atoms with Gasteiger partial charge in [0.25, 0.3) is 0 Å². The quantitative estimate of drug-likeness (QED) is 0.544. The second-order valence-corrected chi connectivity index (χ2v) is 2.64. The van der Waals surface area contributed by atoms with Crippen LogP contribution in [0.15, 0.2) is 12.4 Å². The van der Waals surface area contributed by atoms with Crippen molar-refractivity contribution < 1.29 is 8.78 Å². The molecule has 0 rings (SSSR count). The van der Waals surface area contributed by atoms with E-state index < -0.39 is 11.5 Å². The van der Waals surface area contributed by atoms with Gasteiger partial charge in [-0.2, -0.15) is 0 Å². The van der Waals surface area contributed by atoms with Crippen molar-refractivity contribution in [3.63, 3.8) is 0 Å². The first-order valence-electron chi connectivity index (χ1n) is 2.92. The topological polar surface area (TPSA) is 0 Å². The SMILES string of the molecule is C=C(F)C(C)(F)C(C)C. The van der Waals surface area contributed by atoms with Gasteiger partial charge in [0.1, 0.15) is 5.83 Å². The molecule has 0 heterocycles. The molecule has 54 valence electrons. The number of alkyl halides is 1. The molecule has 0 aliphatic rings. The van der Waals surface area contributed by atoms with Gasteiger partial charge in [0.05, 0.1) is 0 Å². The van der Waals surface area contributed by atoms with Crippen LogP contribution in [0.2, 0.25) is 0 Å². The first-order valence-corrected chi connectivity index (χ1v) is 2.92. The highest BCUT2D eigenvalue weighted by Crippen LogP contribution is 2.29. The molecule has 0 amide bonds. The Labute approximate surface area is 54.6 Å². The Morgan fingerprint density at radius 2 is 1.89 bits per heavy atom. The second kappa shape index (κ2) is 2.46. The summed E-state index contributed by atoms with van der Waals surface area (Å²) in [6.45, 7) is 7.33. The van der Waals surface area contributed by atoms with Crippen LogP contribution in [0.3, 0.4) is 0 Å². The lowest BCUT2D eigenvalue weighted by Gasteiger charge is -2.21. The summed E-state index contributed by atoms with van der Waals surface area (Å²) in [5.41, 5.74) is -1.86. The molecule has 0 nitrogen and oxygen atoms in total. The van der Waals surface area contributed by atoms with Gasteiger partial charge < -0.3 is 0 Å². The maximum Gasteiger partial charge on any atom is 0.160 e. The van der Waals surface area contributed by atoms with E-state index >= 15 is 0 Å². The first-order chi connectivity index (χ1) is 3.89. The van der Waals surface area contributed by atoms with Crippen molar-refractivity contribution in [2.75, 3.05) is 0 Å². The molecule has 1 atom stereocenters. The van der Waals surface area contributed by atoms with Crippen molar-refractivity contribution in [2.45, 2.75) is 26.4 Å². The van der Waals surface area contributed by atoms with Crippen molar-refractivity contribution in [1.82, 2.24) is 0 Å². The summed E-state index contributed by atoms with van der Waals surface area (Å²) in [5.74, 6) is -1.24. The first kappa shape index (κ1) is 8.60. The lowest BCUT2D eigenvalue weighted by Crippen LogP contribution is -2.25. The van der Waals surface area contributed by atoms with Gasteiger partial charge >= 0.3 is 0 Å². The summed E-state index contributed by atoms with van der Waals surface area (Å²) < 4.78 is 25.0. The van der Waals surface area contributed by atoms with E-state index in [1.54, 1.807) is 13.8 Å². The van der Waals surface area contributed by atoms with Crippen LogP contribution in [0.5, 0.6) is 0 Å². The van der Waals surface area contributed by atoms with Crippen LogP contribution in [0, 0.1) is 5.92 Å². The van der Waals surface area contributed by atoms with E-state index in [4.69, 9.17) is 0 Å². The van der Waals surface area contributed by atoms with Crippen LogP contribution in [-0.4, -0.2) is 5.67 Å². The fraction of sp³-hybridized carbons (Fsp3) is 0.714. The van der Waals surface area contributed by atoms with Gasteiger partial charge in [0.2, 0.25) is 0 Å². The van der Waals surface area contributed by atoms with Gasteiger partial charge in [-0.15, -0.1) is 0 Å². The molecule has 1 unspecified atom stereocenters. The molecular formula is C7H12F2. The Morgan fingerprint density at radius 3 is 1.89 bits per heavy atom. The Balaban J connectivity index is 4.19. The van der Waals surface area contributed by atoms with E-state index in [0.29, 0.717) is 0 Å². The molecule has 0 spiro atoms. The summed E-state index contributed by atoms with van der Waals surface area (Å²) in [5, 5.41) is 0. The number of hydrogen-bond acceptors (Lipinski definition) is 0. The molecule has 0 saturated carbocycles. The minimum absolute atomic E-state index is 0.352. The zero-order chi connectivity index (χ0) is 7.65. The Kier molecular flexibility index (Phi) is 2.35. The highest BCUT2D eigenvalue weighted by atomic mass is 19.2. The van der Waals surface area contributed by atoms with Gasteiger partial charge in [-0.1, -0.05) is 20.4 Å². The van der Waals surface area contributed by atoms with E-state index in [9.17, 15) is 8.78 Å². The summed E-state index contributed by atoms with van der Waals surface area (Å²) in [4.78, 5) is 0. The fourth-order valence-electron chi connectivity index (χ4n) is 0.313. The Bertz CT molecular complexity index is 114. The minimum Gasteiger partial charge on any atom is -0.236 e. The molecule has 0 aliphatic heterocycles. The van der Waals surface area contributed by atoms with E-state index in [1.807, 2.05) is 0 Å². The maximum absolute atomic E-state index is 12.9. The fourth-order valence-corrected chi connectivity index (χ4v) is 0.313. The normalized spacial score (nSPS) is 17.6. The van der Waals surface area contributed by atoms with Gasteiger partial charge in [0, 0.05) is 0 Å². The molecule has 0 aromatic rings. The van der Waals surface area contributed by atoms with Crippen LogP contribution in [0.4, 0.5) is 8.78 Å². The molecule has 9 heavy (non-hydrogen) atoms.